The smallest absolute Gasteiger partial charge is 0.399 e. The molecule has 182 valence electrons. The molecule has 0 atom stereocenters. The molecule has 0 unspecified atom stereocenters. The molecule has 3 rings (SSSR count). The minimum Gasteiger partial charge on any atom is -0.399 e. The van der Waals surface area contributed by atoms with E-state index < -0.39 is 33.5 Å². The van der Waals surface area contributed by atoms with Gasteiger partial charge in [0, 0.05) is 43.1 Å². The van der Waals surface area contributed by atoms with E-state index in [9.17, 15) is 39.9 Å². The Kier molecular flexibility index (Phi) is 6.23. The molecule has 0 amide bonds. The highest BCUT2D eigenvalue weighted by atomic mass is 32.2. The monoisotopic (exact) mass is 498 g/mol. The predicted molar refractivity (Wildman–Crippen MR) is 109 cm³/mol. The van der Waals surface area contributed by atoms with E-state index >= 15 is 0 Å². The Bertz CT molecular complexity index is 1100. The minimum absolute atomic E-state index is 0.00292. The van der Waals surface area contributed by atoms with Gasteiger partial charge in [0.2, 0.25) is 10.0 Å². The molecule has 7 nitrogen and oxygen atoms in total. The summed E-state index contributed by atoms with van der Waals surface area (Å²) in [7, 11) is -3.93. The average Bonchev–Trinajstić information content (AvgIpc) is 2.71. The largest absolute Gasteiger partial charge is 0.430 e. The molecule has 0 aliphatic carbocycles. The number of hydrogen-bond donors (Lipinski definition) is 3. The van der Waals surface area contributed by atoms with Gasteiger partial charge in [-0.2, -0.15) is 30.6 Å². The number of nitrogens with zero attached hydrogens (tertiary/aromatic N) is 2. The number of alkyl halides is 6. The molecule has 0 spiro atoms. The van der Waals surface area contributed by atoms with E-state index in [-0.39, 0.29) is 42.4 Å². The molecule has 14 heteroatoms. The van der Waals surface area contributed by atoms with Crippen LogP contribution in [-0.2, 0) is 15.6 Å². The number of anilines is 3. The van der Waals surface area contributed by atoms with Crippen molar-refractivity contribution >= 4 is 27.1 Å². The molecule has 0 saturated carbocycles. The van der Waals surface area contributed by atoms with Crippen molar-refractivity contribution in [1.29, 1.82) is 0 Å². The number of aliphatic hydroxyl groups is 1. The summed E-state index contributed by atoms with van der Waals surface area (Å²) in [5.41, 5.74) is 5.52. The Morgan fingerprint density at radius 2 is 1.33 bits per heavy atom. The van der Waals surface area contributed by atoms with E-state index in [2.05, 4.69) is 0 Å². The third-order valence-electron chi connectivity index (χ3n) is 5.36. The van der Waals surface area contributed by atoms with Gasteiger partial charge in [-0.05, 0) is 30.3 Å². The summed E-state index contributed by atoms with van der Waals surface area (Å²) in [6.45, 7) is 0.248. The van der Waals surface area contributed by atoms with Gasteiger partial charge in [-0.3, -0.25) is 0 Å². The van der Waals surface area contributed by atoms with Gasteiger partial charge >= 0.3 is 12.4 Å². The van der Waals surface area contributed by atoms with Gasteiger partial charge in [-0.15, -0.1) is 0 Å². The number of sulfonamides is 1. The van der Waals surface area contributed by atoms with Gasteiger partial charge in [-0.25, -0.2) is 8.42 Å². The van der Waals surface area contributed by atoms with Gasteiger partial charge in [-0.1, -0.05) is 12.1 Å². The molecule has 2 aromatic rings. The lowest BCUT2D eigenvalue weighted by molar-refractivity contribution is -0.376. The Balaban J connectivity index is 1.77. The van der Waals surface area contributed by atoms with Gasteiger partial charge in [0.25, 0.3) is 5.60 Å². The quantitative estimate of drug-likeness (QED) is 0.442. The maximum absolute atomic E-state index is 13.0. The van der Waals surface area contributed by atoms with Crippen molar-refractivity contribution in [2.75, 3.05) is 42.5 Å². The first-order chi connectivity index (χ1) is 15.1. The molecule has 0 aromatic heterocycles. The van der Waals surface area contributed by atoms with Crippen LogP contribution in [0, 0.1) is 0 Å². The van der Waals surface area contributed by atoms with Crippen LogP contribution in [-0.4, -0.2) is 56.4 Å². The molecule has 33 heavy (non-hydrogen) atoms. The van der Waals surface area contributed by atoms with Crippen LogP contribution in [0.4, 0.5) is 43.4 Å². The van der Waals surface area contributed by atoms with Gasteiger partial charge in [0.15, 0.2) is 0 Å². The normalized spacial score (nSPS) is 16.8. The summed E-state index contributed by atoms with van der Waals surface area (Å²) in [6.07, 6.45) is -12.0. The summed E-state index contributed by atoms with van der Waals surface area (Å²) in [5.74, 6) is 0. The SMILES string of the molecule is Nc1ccc(S(=O)(=O)N2CCN(c3ccc(C(O)(C(F)(F)F)C(F)(F)F)cc3)CC2)c(N)c1. The second kappa shape index (κ2) is 8.25. The Morgan fingerprint density at radius 1 is 0.818 bits per heavy atom. The fourth-order valence-electron chi connectivity index (χ4n) is 3.53. The van der Waals surface area contributed by atoms with E-state index in [1.165, 1.54) is 22.5 Å². The van der Waals surface area contributed by atoms with Crippen LogP contribution in [0.25, 0.3) is 0 Å². The summed E-state index contributed by atoms with van der Waals surface area (Å²) < 4.78 is 105. The highest BCUT2D eigenvalue weighted by molar-refractivity contribution is 7.89. The number of rotatable bonds is 4. The van der Waals surface area contributed by atoms with Crippen molar-refractivity contribution in [2.45, 2.75) is 22.8 Å². The summed E-state index contributed by atoms with van der Waals surface area (Å²) in [5, 5.41) is 9.47. The first-order valence-corrected chi connectivity index (χ1v) is 10.9. The van der Waals surface area contributed by atoms with Crippen LogP contribution in [0.1, 0.15) is 5.56 Å². The molecule has 1 saturated heterocycles. The molecule has 0 radical (unpaired) electrons. The molecular weight excluding hydrogens is 478 g/mol. The fourth-order valence-corrected chi connectivity index (χ4v) is 5.05. The van der Waals surface area contributed by atoms with Crippen molar-refractivity contribution in [1.82, 2.24) is 4.31 Å². The molecular formula is C19H20F6N4O3S. The van der Waals surface area contributed by atoms with Crippen LogP contribution in [0.2, 0.25) is 0 Å². The number of nitrogens with two attached hydrogens (primary N) is 2. The molecule has 0 bridgehead atoms. The van der Waals surface area contributed by atoms with Gasteiger partial charge < -0.3 is 21.5 Å². The van der Waals surface area contributed by atoms with Crippen molar-refractivity contribution in [2.24, 2.45) is 0 Å². The maximum Gasteiger partial charge on any atom is 0.430 e. The number of nitrogen functional groups attached to an aromatic ring is 2. The van der Waals surface area contributed by atoms with E-state index in [0.717, 1.165) is 12.1 Å². The van der Waals surface area contributed by atoms with Crippen molar-refractivity contribution in [3.05, 3.63) is 48.0 Å². The lowest BCUT2D eigenvalue weighted by Crippen LogP contribution is -2.54. The van der Waals surface area contributed by atoms with Crippen LogP contribution < -0.4 is 16.4 Å². The van der Waals surface area contributed by atoms with Crippen LogP contribution >= 0.6 is 0 Å². The minimum atomic E-state index is -5.98. The zero-order chi connectivity index (χ0) is 24.8. The zero-order valence-electron chi connectivity index (χ0n) is 16.9. The Hall–Kier alpha value is -2.71. The van der Waals surface area contributed by atoms with Crippen molar-refractivity contribution in [3.63, 3.8) is 0 Å². The van der Waals surface area contributed by atoms with E-state index in [4.69, 9.17) is 11.5 Å². The van der Waals surface area contributed by atoms with Crippen LogP contribution in [0.15, 0.2) is 47.4 Å². The Labute approximate surface area is 185 Å². The topological polar surface area (TPSA) is 113 Å². The second-order valence-electron chi connectivity index (χ2n) is 7.44. The standard InChI is InChI=1S/C19H20F6N4O3S/c20-18(21,22)17(30,19(23,24)25)12-1-4-14(5-2-12)28-7-9-29(10-8-28)33(31,32)16-6-3-13(26)11-15(16)27/h1-6,11,30H,7-10,26-27H2. The van der Waals surface area contributed by atoms with E-state index in [1.54, 1.807) is 4.90 Å². The molecule has 1 fully saturated rings. The number of halogens is 6. The number of piperazine rings is 1. The maximum atomic E-state index is 13.0. The molecule has 1 aliphatic rings. The van der Waals surface area contributed by atoms with E-state index in [0.29, 0.717) is 17.8 Å². The first kappa shape index (κ1) is 24.9. The summed E-state index contributed by atoms with van der Waals surface area (Å²) in [6, 6.07) is 7.12. The van der Waals surface area contributed by atoms with Crippen LogP contribution in [0.5, 0.6) is 0 Å². The highest BCUT2D eigenvalue weighted by Crippen LogP contribution is 2.50. The molecule has 1 aliphatic heterocycles. The summed E-state index contributed by atoms with van der Waals surface area (Å²) in [4.78, 5) is 1.48. The van der Waals surface area contributed by atoms with Crippen LogP contribution in [0.3, 0.4) is 0 Å². The van der Waals surface area contributed by atoms with E-state index in [1.807, 2.05) is 0 Å². The third-order valence-corrected chi connectivity index (χ3v) is 7.33. The predicted octanol–water partition coefficient (Wildman–Crippen LogP) is 2.67. The Morgan fingerprint density at radius 3 is 1.79 bits per heavy atom. The number of hydrogen-bond acceptors (Lipinski definition) is 6. The summed E-state index contributed by atoms with van der Waals surface area (Å²) >= 11 is 0. The fraction of sp³-hybridized carbons (Fsp3) is 0.368. The molecule has 5 N–H and O–H groups in total. The molecule has 2 aromatic carbocycles. The first-order valence-electron chi connectivity index (χ1n) is 9.45. The highest BCUT2D eigenvalue weighted by Gasteiger charge is 2.71. The van der Waals surface area contributed by atoms with Crippen molar-refractivity contribution < 1.29 is 39.9 Å². The zero-order valence-corrected chi connectivity index (χ0v) is 17.7. The third kappa shape index (κ3) is 4.42. The van der Waals surface area contributed by atoms with Gasteiger partial charge in [0.05, 0.1) is 5.69 Å². The second-order valence-corrected chi connectivity index (χ2v) is 9.35. The lowest BCUT2D eigenvalue weighted by Gasteiger charge is -2.36. The van der Waals surface area contributed by atoms with Crippen molar-refractivity contribution in [3.8, 4) is 0 Å². The van der Waals surface area contributed by atoms with Gasteiger partial charge in [0.1, 0.15) is 4.90 Å². The number of benzene rings is 2. The lowest BCUT2D eigenvalue weighted by atomic mass is 9.92. The average molecular weight is 498 g/mol. The molecule has 1 heterocycles.